The van der Waals surface area contributed by atoms with Gasteiger partial charge >= 0.3 is 12.1 Å². The maximum absolute atomic E-state index is 14.3. The number of nitrogens with one attached hydrogen (secondary N) is 3. The first-order chi connectivity index (χ1) is 23.0. The zero-order chi connectivity index (χ0) is 34.6. The second-order valence-corrected chi connectivity index (χ2v) is 13.3. The first-order valence-corrected chi connectivity index (χ1v) is 17.2. The number of anilines is 2. The van der Waals surface area contributed by atoms with Crippen LogP contribution in [0.4, 0.5) is 25.4 Å². The third kappa shape index (κ3) is 10.8. The SMILES string of the molecule is C[C@H](CO)N1C[C@H](C)[C@H](CN(C)C(=O)Nc2ccc(F)cc2)OCCCC[C@H](C)Oc2ccc(NC(=O)NC3CCCCC3)cc2C1=O. The Kier molecular flexibility index (Phi) is 13.9. The molecule has 4 atom stereocenters. The van der Waals surface area contributed by atoms with Crippen LogP contribution in [0, 0.1) is 11.7 Å². The van der Waals surface area contributed by atoms with Crippen LogP contribution in [0.2, 0.25) is 0 Å². The number of amides is 5. The Labute approximate surface area is 283 Å². The minimum Gasteiger partial charge on any atom is -0.490 e. The van der Waals surface area contributed by atoms with E-state index in [1.54, 1.807) is 37.1 Å². The Morgan fingerprint density at radius 1 is 1.00 bits per heavy atom. The minimum absolute atomic E-state index is 0.132. The number of carbonyl (C=O) groups is 3. The summed E-state index contributed by atoms with van der Waals surface area (Å²) < 4.78 is 26.0. The van der Waals surface area contributed by atoms with Gasteiger partial charge in [0.1, 0.15) is 11.6 Å². The van der Waals surface area contributed by atoms with E-state index in [0.29, 0.717) is 23.7 Å². The van der Waals surface area contributed by atoms with Crippen molar-refractivity contribution in [3.8, 4) is 5.75 Å². The Bertz CT molecular complexity index is 1350. The number of ether oxygens (including phenoxy) is 2. The number of nitrogens with zero attached hydrogens (tertiary/aromatic N) is 2. The van der Waals surface area contributed by atoms with Crippen LogP contribution in [0.1, 0.15) is 82.5 Å². The van der Waals surface area contributed by atoms with Crippen molar-refractivity contribution in [3.63, 3.8) is 0 Å². The molecule has 2 aromatic rings. The molecule has 0 spiro atoms. The number of aliphatic hydroxyl groups is 1. The van der Waals surface area contributed by atoms with Gasteiger partial charge in [-0.15, -0.1) is 0 Å². The average Bonchev–Trinajstić information content (AvgIpc) is 3.07. The van der Waals surface area contributed by atoms with Crippen molar-refractivity contribution in [3.05, 3.63) is 53.8 Å². The highest BCUT2D eigenvalue weighted by molar-refractivity contribution is 5.99. The molecule has 0 saturated heterocycles. The van der Waals surface area contributed by atoms with E-state index in [4.69, 9.17) is 9.47 Å². The molecule has 12 heteroatoms. The van der Waals surface area contributed by atoms with E-state index in [1.165, 1.54) is 35.6 Å². The molecule has 4 rings (SSSR count). The molecular formula is C36H52FN5O6. The summed E-state index contributed by atoms with van der Waals surface area (Å²) in [6, 6.07) is 9.55. The van der Waals surface area contributed by atoms with Crippen molar-refractivity contribution < 1.29 is 33.4 Å². The second-order valence-electron chi connectivity index (χ2n) is 13.3. The van der Waals surface area contributed by atoms with Gasteiger partial charge in [-0.05, 0) is 88.4 Å². The van der Waals surface area contributed by atoms with Gasteiger partial charge in [-0.2, -0.15) is 0 Å². The highest BCUT2D eigenvalue weighted by atomic mass is 19.1. The van der Waals surface area contributed by atoms with Crippen molar-refractivity contribution in [2.75, 3.05) is 44.0 Å². The maximum atomic E-state index is 14.3. The molecule has 1 aliphatic carbocycles. The summed E-state index contributed by atoms with van der Waals surface area (Å²) in [7, 11) is 1.66. The minimum atomic E-state index is -0.538. The predicted molar refractivity (Wildman–Crippen MR) is 184 cm³/mol. The van der Waals surface area contributed by atoms with E-state index >= 15 is 0 Å². The number of carbonyl (C=O) groups excluding carboxylic acids is 3. The van der Waals surface area contributed by atoms with Crippen molar-refractivity contribution in [1.82, 2.24) is 15.1 Å². The normalized spacial score (nSPS) is 22.0. The molecule has 0 radical (unpaired) electrons. The van der Waals surface area contributed by atoms with Gasteiger partial charge in [0.25, 0.3) is 5.91 Å². The zero-order valence-electron chi connectivity index (χ0n) is 28.7. The summed E-state index contributed by atoms with van der Waals surface area (Å²) in [4.78, 5) is 43.3. The van der Waals surface area contributed by atoms with Gasteiger partial charge in [0, 0.05) is 50.1 Å². The molecule has 1 heterocycles. The lowest BCUT2D eigenvalue weighted by Crippen LogP contribution is -2.48. The van der Waals surface area contributed by atoms with Crippen LogP contribution in [-0.4, -0.2) is 90.5 Å². The Morgan fingerprint density at radius 3 is 2.40 bits per heavy atom. The van der Waals surface area contributed by atoms with Crippen LogP contribution in [-0.2, 0) is 4.74 Å². The van der Waals surface area contributed by atoms with E-state index in [0.717, 1.165) is 44.9 Å². The number of aliphatic hydroxyl groups excluding tert-OH is 1. The summed E-state index contributed by atoms with van der Waals surface area (Å²) in [6.45, 7) is 6.36. The molecule has 5 amide bonds. The lowest BCUT2D eigenvalue weighted by Gasteiger charge is -2.35. The number of likely N-dealkylation sites (N-methyl/N-ethyl adjacent to an activating group) is 1. The number of halogens is 1. The van der Waals surface area contributed by atoms with Gasteiger partial charge in [-0.1, -0.05) is 26.2 Å². The first kappa shape index (κ1) is 36.9. The molecule has 1 aliphatic heterocycles. The smallest absolute Gasteiger partial charge is 0.321 e. The molecular weight excluding hydrogens is 617 g/mol. The van der Waals surface area contributed by atoms with Crippen molar-refractivity contribution in [2.45, 2.75) is 96.4 Å². The molecule has 1 saturated carbocycles. The summed E-state index contributed by atoms with van der Waals surface area (Å²) in [6.07, 6.45) is 7.01. The predicted octanol–water partition coefficient (Wildman–Crippen LogP) is 6.24. The number of benzene rings is 2. The van der Waals surface area contributed by atoms with Crippen LogP contribution in [0.15, 0.2) is 42.5 Å². The molecule has 48 heavy (non-hydrogen) atoms. The zero-order valence-corrected chi connectivity index (χ0v) is 28.7. The second kappa shape index (κ2) is 18.0. The Morgan fingerprint density at radius 2 is 1.69 bits per heavy atom. The number of hydrogen-bond donors (Lipinski definition) is 4. The topological polar surface area (TPSA) is 132 Å². The van der Waals surface area contributed by atoms with Crippen LogP contribution >= 0.6 is 0 Å². The molecule has 0 aromatic heterocycles. The third-order valence-electron chi connectivity index (χ3n) is 9.15. The number of rotatable bonds is 7. The van der Waals surface area contributed by atoms with Gasteiger partial charge in [-0.3, -0.25) is 4.79 Å². The van der Waals surface area contributed by atoms with Gasteiger partial charge in [0.2, 0.25) is 0 Å². The van der Waals surface area contributed by atoms with Crippen LogP contribution in [0.25, 0.3) is 0 Å². The lowest BCUT2D eigenvalue weighted by atomic mass is 9.96. The number of fused-ring (bicyclic) bond motifs is 1. The van der Waals surface area contributed by atoms with Gasteiger partial charge in [-0.25, -0.2) is 14.0 Å². The molecule has 4 N–H and O–H groups in total. The van der Waals surface area contributed by atoms with Crippen LogP contribution in [0.3, 0.4) is 0 Å². The standard InChI is InChI=1S/C36H52FN5O6/c1-24-21-42(25(2)23-43)34(44)31-20-30(39-35(45)38-28-11-6-5-7-12-28)17-18-32(31)48-26(3)10-8-9-19-47-33(24)22-41(4)36(46)40-29-15-13-27(37)14-16-29/h13-18,20,24-26,28,33,43H,5-12,19,21-23H2,1-4H3,(H,40,46)(H2,38,39,45)/t24-,25+,26-,33-/m0/s1. The monoisotopic (exact) mass is 669 g/mol. The largest absolute Gasteiger partial charge is 0.490 e. The number of hydrogen-bond acceptors (Lipinski definition) is 6. The number of urea groups is 2. The summed E-state index contributed by atoms with van der Waals surface area (Å²) in [5.41, 5.74) is 1.22. The van der Waals surface area contributed by atoms with Crippen LogP contribution in [0.5, 0.6) is 5.75 Å². The van der Waals surface area contributed by atoms with Gasteiger partial charge < -0.3 is 40.3 Å². The molecule has 264 valence electrons. The van der Waals surface area contributed by atoms with Crippen molar-refractivity contribution in [2.24, 2.45) is 5.92 Å². The summed E-state index contributed by atoms with van der Waals surface area (Å²) in [5.74, 6) is -0.565. The van der Waals surface area contributed by atoms with Gasteiger partial charge in [0.05, 0.1) is 30.4 Å². The highest BCUT2D eigenvalue weighted by Gasteiger charge is 2.31. The van der Waals surface area contributed by atoms with E-state index < -0.39 is 18.0 Å². The molecule has 11 nitrogen and oxygen atoms in total. The molecule has 2 aliphatic rings. The quantitative estimate of drug-likeness (QED) is 0.276. The Hall–Kier alpha value is -3.90. The fourth-order valence-electron chi connectivity index (χ4n) is 6.17. The molecule has 0 unspecified atom stereocenters. The third-order valence-corrected chi connectivity index (χ3v) is 9.15. The van der Waals surface area contributed by atoms with Gasteiger partial charge in [0.15, 0.2) is 0 Å². The van der Waals surface area contributed by atoms with Crippen molar-refractivity contribution in [1.29, 1.82) is 0 Å². The fourth-order valence-corrected chi connectivity index (χ4v) is 6.17. The Balaban J connectivity index is 1.55. The van der Waals surface area contributed by atoms with E-state index in [2.05, 4.69) is 16.0 Å². The first-order valence-electron chi connectivity index (χ1n) is 17.2. The van der Waals surface area contributed by atoms with Crippen molar-refractivity contribution >= 4 is 29.3 Å². The van der Waals surface area contributed by atoms with E-state index in [9.17, 15) is 23.9 Å². The average molecular weight is 670 g/mol. The highest BCUT2D eigenvalue weighted by Crippen LogP contribution is 2.29. The van der Waals surface area contributed by atoms with Crippen LogP contribution < -0.4 is 20.7 Å². The fraction of sp³-hybridized carbons (Fsp3) is 0.583. The molecule has 2 aromatic carbocycles. The van der Waals surface area contributed by atoms with E-state index in [-0.39, 0.29) is 61.3 Å². The molecule has 1 fully saturated rings. The lowest BCUT2D eigenvalue weighted by molar-refractivity contribution is -0.0115. The summed E-state index contributed by atoms with van der Waals surface area (Å²) in [5, 5.41) is 18.9. The van der Waals surface area contributed by atoms with E-state index in [1.807, 2.05) is 13.8 Å². The molecule has 0 bridgehead atoms. The maximum Gasteiger partial charge on any atom is 0.321 e. The summed E-state index contributed by atoms with van der Waals surface area (Å²) >= 11 is 0.